The first kappa shape index (κ1) is 21.0. The predicted octanol–water partition coefficient (Wildman–Crippen LogP) is 7.10. The van der Waals surface area contributed by atoms with E-state index in [4.69, 9.17) is 4.74 Å². The molecule has 1 aromatic carbocycles. The van der Waals surface area contributed by atoms with E-state index in [1.165, 1.54) is 50.5 Å². The molecule has 1 heterocycles. The number of unbranched alkanes of at least 4 members (excludes halogenated alkanes) is 6. The maximum atomic E-state index is 12.2. The highest BCUT2D eigenvalue weighted by atomic mass is 19.4. The van der Waals surface area contributed by atoms with Crippen molar-refractivity contribution in [2.75, 3.05) is 0 Å². The van der Waals surface area contributed by atoms with Crippen LogP contribution in [0.15, 0.2) is 30.3 Å². The Labute approximate surface area is 155 Å². The summed E-state index contributed by atoms with van der Waals surface area (Å²) in [6.07, 6.45) is 8.82. The number of aryl methyl sites for hydroxylation is 1. The fourth-order valence-electron chi connectivity index (χ4n) is 3.21. The molecular weight excluding hydrogens is 337 g/mol. The molecule has 0 N–H and O–H groups in total. The van der Waals surface area contributed by atoms with Crippen molar-refractivity contribution in [3.8, 4) is 0 Å². The van der Waals surface area contributed by atoms with Crippen molar-refractivity contribution in [3.05, 3.63) is 41.5 Å². The molecule has 1 saturated heterocycles. The first-order chi connectivity index (χ1) is 12.5. The minimum Gasteiger partial charge on any atom is -0.365 e. The molecule has 2 rings (SSSR count). The van der Waals surface area contributed by atoms with E-state index in [2.05, 4.69) is 19.1 Å². The molecule has 146 valence electrons. The van der Waals surface area contributed by atoms with Crippen molar-refractivity contribution in [2.24, 2.45) is 0 Å². The Kier molecular flexibility index (Phi) is 8.70. The largest absolute Gasteiger partial charge is 0.389 e. The zero-order valence-electron chi connectivity index (χ0n) is 15.7. The number of rotatable bonds is 12. The zero-order chi connectivity index (χ0) is 18.8. The maximum absolute atomic E-state index is 12.2. The Morgan fingerprint density at radius 1 is 1.04 bits per heavy atom. The number of benzene rings is 1. The predicted molar refractivity (Wildman–Crippen MR) is 101 cm³/mol. The molecule has 0 aromatic heterocycles. The summed E-state index contributed by atoms with van der Waals surface area (Å²) in [6, 6.07) is 8.39. The van der Waals surface area contributed by atoms with Crippen LogP contribution in [0, 0.1) is 0 Å². The van der Waals surface area contributed by atoms with Gasteiger partial charge in [-0.25, -0.2) is 0 Å². The highest BCUT2D eigenvalue weighted by molar-refractivity contribution is 5.51. The van der Waals surface area contributed by atoms with Gasteiger partial charge in [0.1, 0.15) is 6.10 Å². The average Bonchev–Trinajstić information content (AvgIpc) is 3.36. The van der Waals surface area contributed by atoms with Crippen molar-refractivity contribution in [1.82, 2.24) is 0 Å². The monoisotopic (exact) mass is 368 g/mol. The molecule has 4 heteroatoms. The lowest BCUT2D eigenvalue weighted by atomic mass is 10.0. The zero-order valence-corrected chi connectivity index (χ0v) is 15.7. The lowest BCUT2D eigenvalue weighted by molar-refractivity contribution is -0.136. The van der Waals surface area contributed by atoms with Crippen molar-refractivity contribution in [1.29, 1.82) is 0 Å². The van der Waals surface area contributed by atoms with Gasteiger partial charge in [0.05, 0.1) is 6.10 Å². The van der Waals surface area contributed by atoms with Crippen LogP contribution in [0.2, 0.25) is 0 Å². The minimum atomic E-state index is -4.09. The van der Waals surface area contributed by atoms with Crippen molar-refractivity contribution < 1.29 is 17.9 Å². The SMILES string of the molecule is CCCCCCCCCc1cccc(C=C[C@@H]2O[C@@H]2CCC(F)(F)F)c1. The van der Waals surface area contributed by atoms with E-state index in [9.17, 15) is 13.2 Å². The molecule has 0 spiro atoms. The summed E-state index contributed by atoms with van der Waals surface area (Å²) in [5.41, 5.74) is 2.42. The van der Waals surface area contributed by atoms with Crippen molar-refractivity contribution in [3.63, 3.8) is 0 Å². The van der Waals surface area contributed by atoms with Gasteiger partial charge in [-0.1, -0.05) is 81.9 Å². The molecule has 1 aliphatic heterocycles. The third kappa shape index (κ3) is 8.88. The lowest BCUT2D eigenvalue weighted by Gasteiger charge is -2.04. The second-order valence-corrected chi connectivity index (χ2v) is 7.27. The second kappa shape index (κ2) is 10.8. The smallest absolute Gasteiger partial charge is 0.365 e. The van der Waals surface area contributed by atoms with Crippen LogP contribution < -0.4 is 0 Å². The van der Waals surface area contributed by atoms with Gasteiger partial charge in [0.25, 0.3) is 0 Å². The highest BCUT2D eigenvalue weighted by Crippen LogP contribution is 2.32. The van der Waals surface area contributed by atoms with Gasteiger partial charge in [-0.05, 0) is 30.4 Å². The van der Waals surface area contributed by atoms with Crippen LogP contribution in [0.5, 0.6) is 0 Å². The molecule has 0 aliphatic carbocycles. The molecule has 1 aromatic rings. The van der Waals surface area contributed by atoms with Crippen LogP contribution in [0.4, 0.5) is 13.2 Å². The highest BCUT2D eigenvalue weighted by Gasteiger charge is 2.39. The molecule has 0 radical (unpaired) electrons. The lowest BCUT2D eigenvalue weighted by Crippen LogP contribution is -2.08. The van der Waals surface area contributed by atoms with Gasteiger partial charge in [-0.15, -0.1) is 0 Å². The van der Waals surface area contributed by atoms with Crippen LogP contribution >= 0.6 is 0 Å². The van der Waals surface area contributed by atoms with Gasteiger partial charge in [0.2, 0.25) is 0 Å². The van der Waals surface area contributed by atoms with E-state index in [1.54, 1.807) is 0 Å². The molecule has 1 nitrogen and oxygen atoms in total. The summed E-state index contributed by atoms with van der Waals surface area (Å²) in [7, 11) is 0. The molecule has 1 aliphatic rings. The summed E-state index contributed by atoms with van der Waals surface area (Å²) < 4.78 is 41.9. The first-order valence-corrected chi connectivity index (χ1v) is 9.97. The second-order valence-electron chi connectivity index (χ2n) is 7.27. The number of alkyl halides is 3. The minimum absolute atomic E-state index is 0.0524. The molecule has 0 bridgehead atoms. The Bertz CT molecular complexity index is 551. The van der Waals surface area contributed by atoms with Crippen LogP contribution in [0.1, 0.15) is 75.8 Å². The van der Waals surface area contributed by atoms with Crippen LogP contribution in [-0.4, -0.2) is 18.4 Å². The molecular formula is C22H31F3O. The fourth-order valence-corrected chi connectivity index (χ4v) is 3.21. The number of epoxide rings is 1. The van der Waals surface area contributed by atoms with E-state index >= 15 is 0 Å². The fraction of sp³-hybridized carbons (Fsp3) is 0.636. The Morgan fingerprint density at radius 3 is 2.50 bits per heavy atom. The van der Waals surface area contributed by atoms with Crippen molar-refractivity contribution in [2.45, 2.75) is 89.5 Å². The standard InChI is InChI=1S/C22H31F3O/c1-2-3-4-5-6-7-8-10-18-11-9-12-19(17-18)13-14-20-21(26-20)15-16-22(23,24)25/h9,11-14,17,20-21H,2-8,10,15-16H2,1H3/t20-,21+/m0/s1. The molecule has 0 amide bonds. The molecule has 2 atom stereocenters. The normalized spacial score (nSPS) is 20.0. The van der Waals surface area contributed by atoms with Crippen LogP contribution in [-0.2, 0) is 11.2 Å². The summed E-state index contributed by atoms with van der Waals surface area (Å²) in [5, 5.41) is 0. The molecule has 1 fully saturated rings. The summed E-state index contributed by atoms with van der Waals surface area (Å²) in [5.74, 6) is 0. The molecule has 0 saturated carbocycles. The maximum Gasteiger partial charge on any atom is 0.389 e. The van der Waals surface area contributed by atoms with Gasteiger partial charge < -0.3 is 4.74 Å². The average molecular weight is 368 g/mol. The van der Waals surface area contributed by atoms with E-state index in [-0.39, 0.29) is 18.6 Å². The van der Waals surface area contributed by atoms with E-state index in [0.29, 0.717) is 0 Å². The number of hydrogen-bond donors (Lipinski definition) is 0. The quantitative estimate of drug-likeness (QED) is 0.283. The first-order valence-electron chi connectivity index (χ1n) is 9.97. The Balaban J connectivity index is 1.66. The summed E-state index contributed by atoms with van der Waals surface area (Å²) in [4.78, 5) is 0. The summed E-state index contributed by atoms with van der Waals surface area (Å²) in [6.45, 7) is 2.24. The summed E-state index contributed by atoms with van der Waals surface area (Å²) >= 11 is 0. The van der Waals surface area contributed by atoms with E-state index in [0.717, 1.165) is 12.0 Å². The Morgan fingerprint density at radius 2 is 1.77 bits per heavy atom. The molecule has 0 unspecified atom stereocenters. The van der Waals surface area contributed by atoms with Crippen LogP contribution in [0.3, 0.4) is 0 Å². The third-order valence-corrected chi connectivity index (χ3v) is 4.83. The third-order valence-electron chi connectivity index (χ3n) is 4.83. The topological polar surface area (TPSA) is 12.5 Å². The van der Waals surface area contributed by atoms with Crippen molar-refractivity contribution >= 4 is 6.08 Å². The van der Waals surface area contributed by atoms with Gasteiger partial charge in [0, 0.05) is 6.42 Å². The Hall–Kier alpha value is -1.29. The number of halogens is 3. The van der Waals surface area contributed by atoms with Gasteiger partial charge in [-0.2, -0.15) is 13.2 Å². The molecule has 26 heavy (non-hydrogen) atoms. The van der Waals surface area contributed by atoms with E-state index in [1.807, 2.05) is 24.3 Å². The van der Waals surface area contributed by atoms with E-state index < -0.39 is 12.6 Å². The van der Waals surface area contributed by atoms with Crippen LogP contribution in [0.25, 0.3) is 6.08 Å². The van der Waals surface area contributed by atoms with Gasteiger partial charge in [0.15, 0.2) is 0 Å². The number of hydrogen-bond acceptors (Lipinski definition) is 1. The van der Waals surface area contributed by atoms with Gasteiger partial charge >= 0.3 is 6.18 Å². The number of ether oxygens (including phenoxy) is 1. The van der Waals surface area contributed by atoms with Gasteiger partial charge in [-0.3, -0.25) is 0 Å².